The molecule has 0 aromatic heterocycles. The molecule has 0 bridgehead atoms. The molecule has 3 rings (SSSR count). The van der Waals surface area contributed by atoms with Crippen LogP contribution in [0.4, 0.5) is 5.69 Å². The van der Waals surface area contributed by atoms with Crippen LogP contribution >= 0.6 is 0 Å². The third-order valence-electron chi connectivity index (χ3n) is 5.00. The molecule has 1 aliphatic heterocycles. The van der Waals surface area contributed by atoms with Crippen LogP contribution in [0.1, 0.15) is 20.3 Å². The first-order valence-corrected chi connectivity index (χ1v) is 10.0. The Morgan fingerprint density at radius 3 is 2.36 bits per heavy atom. The normalized spacial score (nSPS) is 15.7. The summed E-state index contributed by atoms with van der Waals surface area (Å²) in [4.78, 5) is 28.7. The second-order valence-electron chi connectivity index (χ2n) is 7.66. The van der Waals surface area contributed by atoms with Crippen molar-refractivity contribution in [1.82, 2.24) is 15.1 Å². The van der Waals surface area contributed by atoms with Crippen LogP contribution in [-0.4, -0.2) is 66.9 Å². The highest BCUT2D eigenvalue weighted by atomic mass is 16.2. The maximum atomic E-state index is 12.4. The fourth-order valence-corrected chi connectivity index (χ4v) is 3.55. The van der Waals surface area contributed by atoms with Gasteiger partial charge in [-0.05, 0) is 25.3 Å². The number of hydrogen-bond donors (Lipinski definition) is 2. The number of piperazine rings is 1. The van der Waals surface area contributed by atoms with Gasteiger partial charge in [-0.15, -0.1) is 0 Å². The number of carbonyl (C=O) groups is 2. The molecule has 1 fully saturated rings. The summed E-state index contributed by atoms with van der Waals surface area (Å²) in [6.07, 6.45) is 0.469. The van der Waals surface area contributed by atoms with Gasteiger partial charge in [-0.1, -0.05) is 36.4 Å². The lowest BCUT2D eigenvalue weighted by atomic mass is 10.1. The molecule has 28 heavy (non-hydrogen) atoms. The largest absolute Gasteiger partial charge is 0.353 e. The molecule has 0 atom stereocenters. The quantitative estimate of drug-likeness (QED) is 0.771. The average Bonchev–Trinajstić information content (AvgIpc) is 2.67. The molecule has 1 aliphatic rings. The number of hydrogen-bond acceptors (Lipinski definition) is 4. The number of rotatable bonds is 7. The van der Waals surface area contributed by atoms with E-state index in [-0.39, 0.29) is 17.9 Å². The Labute approximate surface area is 166 Å². The monoisotopic (exact) mass is 382 g/mol. The lowest BCUT2D eigenvalue weighted by Gasteiger charge is -2.34. The van der Waals surface area contributed by atoms with E-state index in [0.29, 0.717) is 13.0 Å². The average molecular weight is 383 g/mol. The molecule has 0 spiro atoms. The molecule has 0 unspecified atom stereocenters. The molecule has 2 aromatic rings. The van der Waals surface area contributed by atoms with Crippen LogP contribution < -0.4 is 10.6 Å². The number of anilines is 1. The topological polar surface area (TPSA) is 64.7 Å². The highest BCUT2D eigenvalue weighted by Gasteiger charge is 2.19. The van der Waals surface area contributed by atoms with Crippen LogP contribution in [0.3, 0.4) is 0 Å². The summed E-state index contributed by atoms with van der Waals surface area (Å²) < 4.78 is 0. The molecule has 150 valence electrons. The van der Waals surface area contributed by atoms with Crippen molar-refractivity contribution in [3.8, 4) is 0 Å². The Bertz CT molecular complexity index is 808. The summed E-state index contributed by atoms with van der Waals surface area (Å²) in [6, 6.07) is 14.2. The summed E-state index contributed by atoms with van der Waals surface area (Å²) in [5, 5.41) is 8.16. The molecule has 0 aliphatic carbocycles. The lowest BCUT2D eigenvalue weighted by molar-refractivity contribution is -0.123. The van der Waals surface area contributed by atoms with Crippen molar-refractivity contribution in [3.63, 3.8) is 0 Å². The predicted octanol–water partition coefficient (Wildman–Crippen LogP) is 2.31. The Kier molecular flexibility index (Phi) is 7.01. The van der Waals surface area contributed by atoms with Crippen molar-refractivity contribution in [2.45, 2.75) is 26.3 Å². The molecule has 2 N–H and O–H groups in total. The molecule has 6 nitrogen and oxygen atoms in total. The van der Waals surface area contributed by atoms with Gasteiger partial charge in [0.2, 0.25) is 11.8 Å². The molecule has 2 amide bonds. The van der Waals surface area contributed by atoms with Gasteiger partial charge >= 0.3 is 0 Å². The van der Waals surface area contributed by atoms with Gasteiger partial charge < -0.3 is 15.5 Å². The fourth-order valence-electron chi connectivity index (χ4n) is 3.55. The standard InChI is InChI=1S/C22H30N4O2/c1-17(2)23-22(28)16-26-14-12-25(13-15-26)11-10-21(27)24-20-9-5-7-18-6-3-4-8-19(18)20/h3-9,17H,10-16H2,1-2H3,(H,23,28)(H,24,27). The van der Waals surface area contributed by atoms with Crippen LogP contribution in [-0.2, 0) is 9.59 Å². The second kappa shape index (κ2) is 9.66. The number of carbonyl (C=O) groups excluding carboxylic acids is 2. The van der Waals surface area contributed by atoms with Crippen molar-refractivity contribution in [2.24, 2.45) is 0 Å². The van der Waals surface area contributed by atoms with E-state index in [2.05, 4.69) is 20.4 Å². The maximum Gasteiger partial charge on any atom is 0.234 e. The lowest BCUT2D eigenvalue weighted by Crippen LogP contribution is -2.50. The fraction of sp³-hybridized carbons (Fsp3) is 0.455. The van der Waals surface area contributed by atoms with Crippen molar-refractivity contribution in [1.29, 1.82) is 0 Å². The molecule has 6 heteroatoms. The zero-order chi connectivity index (χ0) is 19.9. The SMILES string of the molecule is CC(C)NC(=O)CN1CCN(CCC(=O)Nc2cccc3ccccc23)CC1. The van der Waals surface area contributed by atoms with Crippen molar-refractivity contribution >= 4 is 28.3 Å². The molecule has 1 saturated heterocycles. The Morgan fingerprint density at radius 2 is 1.61 bits per heavy atom. The summed E-state index contributed by atoms with van der Waals surface area (Å²) >= 11 is 0. The Morgan fingerprint density at radius 1 is 0.929 bits per heavy atom. The van der Waals surface area contributed by atoms with Crippen molar-refractivity contribution < 1.29 is 9.59 Å². The van der Waals surface area contributed by atoms with E-state index in [0.717, 1.165) is 49.2 Å². The van der Waals surface area contributed by atoms with Crippen LogP contribution in [0.5, 0.6) is 0 Å². The zero-order valence-corrected chi connectivity index (χ0v) is 16.8. The van der Waals surface area contributed by atoms with E-state index in [1.807, 2.05) is 56.3 Å². The van der Waals surface area contributed by atoms with Crippen molar-refractivity contribution in [2.75, 3.05) is 44.6 Å². The number of fused-ring (bicyclic) bond motifs is 1. The molecule has 0 radical (unpaired) electrons. The summed E-state index contributed by atoms with van der Waals surface area (Å²) in [7, 11) is 0. The van der Waals surface area contributed by atoms with Gasteiger partial charge in [0.25, 0.3) is 0 Å². The third kappa shape index (κ3) is 5.78. The maximum absolute atomic E-state index is 12.4. The highest BCUT2D eigenvalue weighted by molar-refractivity contribution is 6.02. The zero-order valence-electron chi connectivity index (χ0n) is 16.8. The minimum Gasteiger partial charge on any atom is -0.353 e. The third-order valence-corrected chi connectivity index (χ3v) is 5.00. The number of amides is 2. The van der Waals surface area contributed by atoms with Crippen molar-refractivity contribution in [3.05, 3.63) is 42.5 Å². The van der Waals surface area contributed by atoms with E-state index in [1.165, 1.54) is 0 Å². The predicted molar refractivity (Wildman–Crippen MR) is 113 cm³/mol. The first-order chi connectivity index (χ1) is 13.5. The van der Waals surface area contributed by atoms with Gasteiger partial charge in [0.05, 0.1) is 6.54 Å². The van der Waals surface area contributed by atoms with Gasteiger partial charge in [-0.2, -0.15) is 0 Å². The minimum absolute atomic E-state index is 0.0371. The minimum atomic E-state index is 0.0371. The smallest absolute Gasteiger partial charge is 0.234 e. The molecular formula is C22H30N4O2. The van der Waals surface area contributed by atoms with Gasteiger partial charge in [-0.3, -0.25) is 14.5 Å². The van der Waals surface area contributed by atoms with Gasteiger partial charge in [0.1, 0.15) is 0 Å². The Hall–Kier alpha value is -2.44. The van der Waals surface area contributed by atoms with E-state index >= 15 is 0 Å². The van der Waals surface area contributed by atoms with Crippen LogP contribution in [0, 0.1) is 0 Å². The van der Waals surface area contributed by atoms with E-state index in [9.17, 15) is 9.59 Å². The summed E-state index contributed by atoms with van der Waals surface area (Å²) in [6.45, 7) is 8.62. The summed E-state index contributed by atoms with van der Waals surface area (Å²) in [5.41, 5.74) is 0.865. The van der Waals surface area contributed by atoms with Crippen LogP contribution in [0.15, 0.2) is 42.5 Å². The number of nitrogens with zero attached hydrogens (tertiary/aromatic N) is 2. The van der Waals surface area contributed by atoms with E-state index in [4.69, 9.17) is 0 Å². The van der Waals surface area contributed by atoms with E-state index < -0.39 is 0 Å². The van der Waals surface area contributed by atoms with Gasteiger partial charge in [-0.25, -0.2) is 0 Å². The molecule has 2 aromatic carbocycles. The first kappa shape index (κ1) is 20.3. The first-order valence-electron chi connectivity index (χ1n) is 10.0. The van der Waals surface area contributed by atoms with E-state index in [1.54, 1.807) is 0 Å². The second-order valence-corrected chi connectivity index (χ2v) is 7.66. The molecular weight excluding hydrogens is 352 g/mol. The summed E-state index contributed by atoms with van der Waals surface area (Å²) in [5.74, 6) is 0.119. The van der Waals surface area contributed by atoms with Crippen LogP contribution in [0.25, 0.3) is 10.8 Å². The Balaban J connectivity index is 1.41. The number of benzene rings is 2. The van der Waals surface area contributed by atoms with Gasteiger partial charge in [0, 0.05) is 56.3 Å². The molecule has 0 saturated carbocycles. The van der Waals surface area contributed by atoms with Gasteiger partial charge in [0.15, 0.2) is 0 Å². The highest BCUT2D eigenvalue weighted by Crippen LogP contribution is 2.23. The molecule has 1 heterocycles. The van der Waals surface area contributed by atoms with Crippen LogP contribution in [0.2, 0.25) is 0 Å². The number of nitrogens with one attached hydrogen (secondary N) is 2.